The largest absolute Gasteiger partial charge is 0.480 e. The van der Waals surface area contributed by atoms with Gasteiger partial charge in [-0.3, -0.25) is 4.79 Å². The van der Waals surface area contributed by atoms with E-state index in [1.807, 2.05) is 0 Å². The molecular weight excluding hydrogens is 174 g/mol. The maximum atomic E-state index is 10.2. The van der Waals surface area contributed by atoms with Gasteiger partial charge in [0.15, 0.2) is 0 Å². The highest BCUT2D eigenvalue weighted by Crippen LogP contribution is 2.05. The lowest BCUT2D eigenvalue weighted by molar-refractivity contribution is -0.134. The number of methoxy groups -OCH3 is 1. The number of nitrogens with zero attached hydrogens (tertiary/aromatic N) is 2. The molecule has 0 bridgehead atoms. The van der Waals surface area contributed by atoms with Gasteiger partial charge in [0.2, 0.25) is 5.88 Å². The summed E-state index contributed by atoms with van der Waals surface area (Å²) in [6, 6.07) is 0. The minimum absolute atomic E-state index is 0.180. The normalized spacial score (nSPS) is 9.31. The Morgan fingerprint density at radius 1 is 1.62 bits per heavy atom. The third-order valence-electron chi connectivity index (χ3n) is 1.26. The van der Waals surface area contributed by atoms with E-state index >= 15 is 0 Å². The van der Waals surface area contributed by atoms with Gasteiger partial charge in [0.1, 0.15) is 12.4 Å². The summed E-state index contributed by atoms with van der Waals surface area (Å²) in [4.78, 5) is 17.9. The van der Waals surface area contributed by atoms with Crippen LogP contribution in [-0.2, 0) is 4.79 Å². The van der Waals surface area contributed by atoms with Gasteiger partial charge in [-0.15, -0.1) is 0 Å². The quantitative estimate of drug-likeness (QED) is 0.682. The third-order valence-corrected chi connectivity index (χ3v) is 1.26. The maximum absolute atomic E-state index is 10.2. The van der Waals surface area contributed by atoms with Crippen molar-refractivity contribution in [3.05, 3.63) is 12.4 Å². The van der Waals surface area contributed by atoms with E-state index in [0.29, 0.717) is 11.7 Å². The molecule has 0 aliphatic heterocycles. The molecule has 70 valence electrons. The average molecular weight is 183 g/mol. The number of aromatic nitrogens is 2. The van der Waals surface area contributed by atoms with Crippen LogP contribution in [0.3, 0.4) is 0 Å². The van der Waals surface area contributed by atoms with E-state index in [2.05, 4.69) is 15.3 Å². The SMILES string of the molecule is COc1cnc(NCC(=O)O)cn1. The molecule has 0 aliphatic rings. The number of ether oxygens (including phenoxy) is 1. The molecule has 1 aromatic rings. The Balaban J connectivity index is 2.54. The van der Waals surface area contributed by atoms with Crippen LogP contribution in [0.4, 0.5) is 5.82 Å². The summed E-state index contributed by atoms with van der Waals surface area (Å²) in [7, 11) is 1.48. The molecule has 0 saturated heterocycles. The Hall–Kier alpha value is -1.85. The van der Waals surface area contributed by atoms with E-state index in [-0.39, 0.29) is 6.54 Å². The minimum atomic E-state index is -0.947. The van der Waals surface area contributed by atoms with E-state index < -0.39 is 5.97 Å². The molecule has 6 heteroatoms. The van der Waals surface area contributed by atoms with Crippen molar-refractivity contribution in [2.75, 3.05) is 19.0 Å². The van der Waals surface area contributed by atoms with Crippen molar-refractivity contribution < 1.29 is 14.6 Å². The lowest BCUT2D eigenvalue weighted by Gasteiger charge is -2.01. The lowest BCUT2D eigenvalue weighted by Crippen LogP contribution is -2.13. The third kappa shape index (κ3) is 2.94. The molecule has 2 N–H and O–H groups in total. The first-order chi connectivity index (χ1) is 6.22. The molecule has 0 radical (unpaired) electrons. The highest BCUT2D eigenvalue weighted by Gasteiger charge is 1.98. The number of nitrogens with one attached hydrogen (secondary N) is 1. The van der Waals surface area contributed by atoms with E-state index in [4.69, 9.17) is 9.84 Å². The molecule has 0 aromatic carbocycles. The van der Waals surface area contributed by atoms with Gasteiger partial charge in [-0.1, -0.05) is 0 Å². The second kappa shape index (κ2) is 4.24. The molecule has 0 unspecified atom stereocenters. The van der Waals surface area contributed by atoms with Crippen LogP contribution >= 0.6 is 0 Å². The van der Waals surface area contributed by atoms with E-state index in [0.717, 1.165) is 0 Å². The minimum Gasteiger partial charge on any atom is -0.480 e. The van der Waals surface area contributed by atoms with Crippen LogP contribution in [0.25, 0.3) is 0 Å². The summed E-state index contributed by atoms with van der Waals surface area (Å²) in [6.45, 7) is -0.180. The summed E-state index contributed by atoms with van der Waals surface area (Å²) in [6.07, 6.45) is 2.81. The highest BCUT2D eigenvalue weighted by atomic mass is 16.5. The molecule has 6 nitrogen and oxygen atoms in total. The van der Waals surface area contributed by atoms with Gasteiger partial charge in [-0.2, -0.15) is 0 Å². The molecule has 0 spiro atoms. The van der Waals surface area contributed by atoms with E-state index in [1.54, 1.807) is 0 Å². The number of aliphatic carboxylic acids is 1. The average Bonchev–Trinajstić information content (AvgIpc) is 2.15. The van der Waals surface area contributed by atoms with Crippen LogP contribution in [0.5, 0.6) is 5.88 Å². The number of hydrogen-bond acceptors (Lipinski definition) is 5. The predicted molar refractivity (Wildman–Crippen MR) is 44.7 cm³/mol. The first-order valence-corrected chi connectivity index (χ1v) is 3.54. The van der Waals surface area contributed by atoms with Gasteiger partial charge in [0.25, 0.3) is 0 Å². The van der Waals surface area contributed by atoms with Crippen LogP contribution in [0.2, 0.25) is 0 Å². The van der Waals surface area contributed by atoms with Crippen LogP contribution in [0.1, 0.15) is 0 Å². The zero-order valence-electron chi connectivity index (χ0n) is 7.02. The Morgan fingerprint density at radius 2 is 2.38 bits per heavy atom. The first-order valence-electron chi connectivity index (χ1n) is 3.54. The van der Waals surface area contributed by atoms with Crippen molar-refractivity contribution >= 4 is 11.8 Å². The molecule has 0 aliphatic carbocycles. The Morgan fingerprint density at radius 3 is 2.85 bits per heavy atom. The van der Waals surface area contributed by atoms with Gasteiger partial charge in [0.05, 0.1) is 19.5 Å². The fourth-order valence-corrected chi connectivity index (χ4v) is 0.679. The Labute approximate surface area is 74.6 Å². The van der Waals surface area contributed by atoms with Crippen LogP contribution in [0, 0.1) is 0 Å². The first kappa shape index (κ1) is 9.24. The molecule has 0 fully saturated rings. The molecule has 1 heterocycles. The summed E-state index contributed by atoms with van der Waals surface area (Å²) in [5.41, 5.74) is 0. The molecular formula is C7H9N3O3. The van der Waals surface area contributed by atoms with Crippen molar-refractivity contribution in [3.63, 3.8) is 0 Å². The second-order valence-corrected chi connectivity index (χ2v) is 2.19. The monoisotopic (exact) mass is 183 g/mol. The van der Waals surface area contributed by atoms with Crippen LogP contribution < -0.4 is 10.1 Å². The number of rotatable bonds is 4. The zero-order chi connectivity index (χ0) is 9.68. The molecule has 1 rings (SSSR count). The highest BCUT2D eigenvalue weighted by molar-refractivity contribution is 5.72. The fraction of sp³-hybridized carbons (Fsp3) is 0.286. The molecule has 1 aromatic heterocycles. The van der Waals surface area contributed by atoms with Crippen molar-refractivity contribution in [2.24, 2.45) is 0 Å². The lowest BCUT2D eigenvalue weighted by atomic mass is 10.6. The summed E-state index contributed by atoms with van der Waals surface area (Å²) >= 11 is 0. The molecule has 0 amide bonds. The fourth-order valence-electron chi connectivity index (χ4n) is 0.679. The number of carboxylic acid groups (broad SMARTS) is 1. The Bertz CT molecular complexity index is 286. The van der Waals surface area contributed by atoms with Crippen molar-refractivity contribution in [1.29, 1.82) is 0 Å². The van der Waals surface area contributed by atoms with Crippen molar-refractivity contribution in [3.8, 4) is 5.88 Å². The number of hydrogen-bond donors (Lipinski definition) is 2. The van der Waals surface area contributed by atoms with Gasteiger partial charge in [0, 0.05) is 0 Å². The van der Waals surface area contributed by atoms with Crippen molar-refractivity contribution in [2.45, 2.75) is 0 Å². The molecule has 0 atom stereocenters. The summed E-state index contributed by atoms with van der Waals surface area (Å²) in [5, 5.41) is 10.9. The topological polar surface area (TPSA) is 84.3 Å². The standard InChI is InChI=1S/C7H9N3O3/c1-13-6-3-8-5(2-10-6)9-4-7(11)12/h2-3H,4H2,1H3,(H,8,9)(H,11,12). The number of carboxylic acids is 1. The van der Waals surface area contributed by atoms with Gasteiger partial charge >= 0.3 is 5.97 Å². The van der Waals surface area contributed by atoms with Gasteiger partial charge < -0.3 is 15.2 Å². The summed E-state index contributed by atoms with van der Waals surface area (Å²) < 4.78 is 4.78. The van der Waals surface area contributed by atoms with E-state index in [9.17, 15) is 4.79 Å². The van der Waals surface area contributed by atoms with E-state index in [1.165, 1.54) is 19.5 Å². The smallest absolute Gasteiger partial charge is 0.322 e. The van der Waals surface area contributed by atoms with Crippen LogP contribution in [-0.4, -0.2) is 34.7 Å². The predicted octanol–water partition coefficient (Wildman–Crippen LogP) is -0.0183. The summed E-state index contributed by atoms with van der Waals surface area (Å²) in [5.74, 6) is -0.151. The van der Waals surface area contributed by atoms with Crippen molar-refractivity contribution in [1.82, 2.24) is 9.97 Å². The zero-order valence-corrected chi connectivity index (χ0v) is 7.02. The van der Waals surface area contributed by atoms with Gasteiger partial charge in [-0.05, 0) is 0 Å². The second-order valence-electron chi connectivity index (χ2n) is 2.19. The van der Waals surface area contributed by atoms with Crippen LogP contribution in [0.15, 0.2) is 12.4 Å². The number of anilines is 1. The number of carbonyl (C=O) groups is 1. The molecule has 13 heavy (non-hydrogen) atoms. The Kier molecular flexibility index (Phi) is 3.02. The molecule has 0 saturated carbocycles. The van der Waals surface area contributed by atoms with Gasteiger partial charge in [-0.25, -0.2) is 9.97 Å². The maximum Gasteiger partial charge on any atom is 0.322 e.